The molecule has 0 spiro atoms. The van der Waals surface area contributed by atoms with Crippen LogP contribution in [0.2, 0.25) is 0 Å². The minimum atomic E-state index is -0.891. The Balaban J connectivity index is 2.06. The normalized spacial score (nSPS) is 13.0. The van der Waals surface area contributed by atoms with Gasteiger partial charge in [0.2, 0.25) is 0 Å². The summed E-state index contributed by atoms with van der Waals surface area (Å²) in [7, 11) is 0. The van der Waals surface area contributed by atoms with Crippen LogP contribution in [-0.4, -0.2) is 16.1 Å². The van der Waals surface area contributed by atoms with Crippen molar-refractivity contribution in [3.8, 4) is 0 Å². The number of hydrogen-bond acceptors (Lipinski definition) is 2. The number of rotatable bonds is 2. The lowest BCUT2D eigenvalue weighted by atomic mass is 9.98. The highest BCUT2D eigenvalue weighted by atomic mass is 16.4. The van der Waals surface area contributed by atoms with Gasteiger partial charge in [-0.2, -0.15) is 0 Å². The Kier molecular flexibility index (Phi) is 2.67. The van der Waals surface area contributed by atoms with E-state index in [4.69, 9.17) is 0 Å². The van der Waals surface area contributed by atoms with Gasteiger partial charge in [0.25, 0.3) is 0 Å². The first kappa shape index (κ1) is 11.7. The van der Waals surface area contributed by atoms with Gasteiger partial charge in [0.1, 0.15) is 0 Å². The van der Waals surface area contributed by atoms with Crippen molar-refractivity contribution in [3.05, 3.63) is 64.5 Å². The SMILES string of the molecule is Cc1ccccc1C1=Cc2nccc(C(=O)O)c2C1. The van der Waals surface area contributed by atoms with Crippen LogP contribution in [0.3, 0.4) is 0 Å². The van der Waals surface area contributed by atoms with Crippen molar-refractivity contribution in [1.82, 2.24) is 4.98 Å². The molecule has 94 valence electrons. The monoisotopic (exact) mass is 251 g/mol. The summed E-state index contributed by atoms with van der Waals surface area (Å²) >= 11 is 0. The van der Waals surface area contributed by atoms with Gasteiger partial charge in [0.15, 0.2) is 0 Å². The first-order valence-corrected chi connectivity index (χ1v) is 6.14. The number of carboxylic acids is 1. The summed E-state index contributed by atoms with van der Waals surface area (Å²) in [4.78, 5) is 15.5. The summed E-state index contributed by atoms with van der Waals surface area (Å²) in [6.07, 6.45) is 4.18. The highest BCUT2D eigenvalue weighted by Crippen LogP contribution is 2.33. The van der Waals surface area contributed by atoms with Crippen molar-refractivity contribution in [3.63, 3.8) is 0 Å². The van der Waals surface area contributed by atoms with Crippen molar-refractivity contribution in [2.45, 2.75) is 13.3 Å². The molecule has 19 heavy (non-hydrogen) atoms. The Morgan fingerprint density at radius 2 is 2.05 bits per heavy atom. The molecular formula is C16H13NO2. The Hall–Kier alpha value is -2.42. The van der Waals surface area contributed by atoms with Crippen molar-refractivity contribution in [2.24, 2.45) is 0 Å². The molecule has 0 saturated heterocycles. The number of hydrogen-bond donors (Lipinski definition) is 1. The second-order valence-corrected chi connectivity index (χ2v) is 4.69. The van der Waals surface area contributed by atoms with Crippen LogP contribution in [0, 0.1) is 6.92 Å². The molecule has 3 nitrogen and oxygen atoms in total. The first-order chi connectivity index (χ1) is 9.16. The Labute approximate surface area is 111 Å². The molecule has 0 fully saturated rings. The molecular weight excluding hydrogens is 238 g/mol. The fraction of sp³-hybridized carbons (Fsp3) is 0.125. The van der Waals surface area contributed by atoms with E-state index in [9.17, 15) is 9.90 Å². The third-order valence-electron chi connectivity index (χ3n) is 3.49. The molecule has 0 unspecified atom stereocenters. The Bertz CT molecular complexity index is 702. The van der Waals surface area contributed by atoms with Crippen molar-refractivity contribution >= 4 is 17.6 Å². The molecule has 1 aromatic heterocycles. The van der Waals surface area contributed by atoms with E-state index in [1.807, 2.05) is 18.2 Å². The molecule has 0 aliphatic heterocycles. The van der Waals surface area contributed by atoms with E-state index in [0.717, 1.165) is 22.4 Å². The Morgan fingerprint density at radius 1 is 1.26 bits per heavy atom. The molecule has 2 aromatic rings. The van der Waals surface area contributed by atoms with Crippen LogP contribution in [0.4, 0.5) is 0 Å². The van der Waals surface area contributed by atoms with Crippen LogP contribution in [0.25, 0.3) is 11.6 Å². The van der Waals surface area contributed by atoms with Crippen molar-refractivity contribution in [2.75, 3.05) is 0 Å². The number of nitrogens with zero attached hydrogens (tertiary/aromatic N) is 1. The van der Waals surface area contributed by atoms with Gasteiger partial charge in [-0.15, -0.1) is 0 Å². The lowest BCUT2D eigenvalue weighted by molar-refractivity contribution is 0.0696. The number of aromatic nitrogens is 1. The van der Waals surface area contributed by atoms with Crippen LogP contribution < -0.4 is 0 Å². The van der Waals surface area contributed by atoms with Gasteiger partial charge < -0.3 is 5.11 Å². The smallest absolute Gasteiger partial charge is 0.336 e. The van der Waals surface area contributed by atoms with Crippen LogP contribution in [0.1, 0.15) is 32.7 Å². The molecule has 3 heteroatoms. The van der Waals surface area contributed by atoms with Gasteiger partial charge in [-0.25, -0.2) is 4.79 Å². The van der Waals surface area contributed by atoms with Gasteiger partial charge in [-0.05, 0) is 41.3 Å². The third-order valence-corrected chi connectivity index (χ3v) is 3.49. The predicted molar refractivity (Wildman–Crippen MR) is 74.0 cm³/mol. The first-order valence-electron chi connectivity index (χ1n) is 6.14. The average molecular weight is 251 g/mol. The second kappa shape index (κ2) is 4.35. The average Bonchev–Trinajstić information content (AvgIpc) is 2.82. The standard InChI is InChI=1S/C16H13NO2/c1-10-4-2-3-5-12(10)11-8-14-13(16(18)19)6-7-17-15(14)9-11/h2-7,9H,8H2,1H3,(H,18,19). The summed E-state index contributed by atoms with van der Waals surface area (Å²) in [6.45, 7) is 2.06. The third kappa shape index (κ3) is 1.93. The number of aryl methyl sites for hydroxylation is 1. The topological polar surface area (TPSA) is 50.2 Å². The molecule has 0 atom stereocenters. The second-order valence-electron chi connectivity index (χ2n) is 4.69. The number of benzene rings is 1. The lowest BCUT2D eigenvalue weighted by Gasteiger charge is -2.07. The predicted octanol–water partition coefficient (Wildman–Crippen LogP) is 3.18. The summed E-state index contributed by atoms with van der Waals surface area (Å²) in [5.41, 5.74) is 5.43. The highest BCUT2D eigenvalue weighted by Gasteiger charge is 2.21. The largest absolute Gasteiger partial charge is 0.478 e. The molecule has 0 saturated carbocycles. The maximum absolute atomic E-state index is 11.2. The molecule has 1 aliphatic carbocycles. The van der Waals surface area contributed by atoms with E-state index in [1.54, 1.807) is 12.3 Å². The maximum atomic E-state index is 11.2. The van der Waals surface area contributed by atoms with Gasteiger partial charge in [-0.1, -0.05) is 24.3 Å². The zero-order chi connectivity index (χ0) is 13.4. The number of allylic oxidation sites excluding steroid dienone is 1. The van der Waals surface area contributed by atoms with Crippen LogP contribution in [0.15, 0.2) is 36.5 Å². The summed E-state index contributed by atoms with van der Waals surface area (Å²) in [5, 5.41) is 9.21. The van der Waals surface area contributed by atoms with Crippen molar-refractivity contribution < 1.29 is 9.90 Å². The molecule has 1 aliphatic rings. The zero-order valence-electron chi connectivity index (χ0n) is 10.6. The Morgan fingerprint density at radius 3 is 2.79 bits per heavy atom. The number of carboxylic acid groups (broad SMARTS) is 1. The summed E-state index contributed by atoms with van der Waals surface area (Å²) < 4.78 is 0. The molecule has 1 N–H and O–H groups in total. The van der Waals surface area contributed by atoms with Gasteiger partial charge in [-0.3, -0.25) is 4.98 Å². The van der Waals surface area contributed by atoms with E-state index in [0.29, 0.717) is 12.0 Å². The van der Waals surface area contributed by atoms with Crippen LogP contribution in [0.5, 0.6) is 0 Å². The number of pyridine rings is 1. The van der Waals surface area contributed by atoms with E-state index in [2.05, 4.69) is 24.0 Å². The molecule has 1 heterocycles. The minimum Gasteiger partial charge on any atom is -0.478 e. The highest BCUT2D eigenvalue weighted by molar-refractivity contribution is 5.96. The molecule has 0 amide bonds. The maximum Gasteiger partial charge on any atom is 0.336 e. The lowest BCUT2D eigenvalue weighted by Crippen LogP contribution is -2.03. The molecule has 1 aromatic carbocycles. The minimum absolute atomic E-state index is 0.352. The quantitative estimate of drug-likeness (QED) is 0.891. The van der Waals surface area contributed by atoms with Gasteiger partial charge in [0, 0.05) is 12.6 Å². The fourth-order valence-electron chi connectivity index (χ4n) is 2.53. The van der Waals surface area contributed by atoms with E-state index < -0.39 is 5.97 Å². The van der Waals surface area contributed by atoms with Gasteiger partial charge >= 0.3 is 5.97 Å². The van der Waals surface area contributed by atoms with E-state index >= 15 is 0 Å². The van der Waals surface area contributed by atoms with Crippen molar-refractivity contribution in [1.29, 1.82) is 0 Å². The number of aromatic carboxylic acids is 1. The molecule has 3 rings (SSSR count). The van der Waals surface area contributed by atoms with Crippen LogP contribution >= 0.6 is 0 Å². The number of carbonyl (C=O) groups is 1. The number of fused-ring (bicyclic) bond motifs is 1. The summed E-state index contributed by atoms with van der Waals surface area (Å²) in [5.74, 6) is -0.891. The molecule has 0 bridgehead atoms. The zero-order valence-corrected chi connectivity index (χ0v) is 10.6. The fourth-order valence-corrected chi connectivity index (χ4v) is 2.53. The van der Waals surface area contributed by atoms with Gasteiger partial charge in [0.05, 0.1) is 11.3 Å². The van der Waals surface area contributed by atoms with Crippen LogP contribution in [-0.2, 0) is 6.42 Å². The van der Waals surface area contributed by atoms with E-state index in [-0.39, 0.29) is 0 Å². The summed E-state index contributed by atoms with van der Waals surface area (Å²) in [6, 6.07) is 9.69. The van der Waals surface area contributed by atoms with E-state index in [1.165, 1.54) is 5.56 Å². The molecule has 0 radical (unpaired) electrons.